The maximum Gasteiger partial charge on any atom is 0.340 e. The molecule has 9 nitrogen and oxygen atoms in total. The summed E-state index contributed by atoms with van der Waals surface area (Å²) in [5.74, 6) is -2.86. The van der Waals surface area contributed by atoms with Crippen LogP contribution in [0.25, 0.3) is 0 Å². The molecule has 2 aromatic carbocycles. The highest BCUT2D eigenvalue weighted by molar-refractivity contribution is 6.30. The van der Waals surface area contributed by atoms with Crippen LogP contribution in [0.2, 0.25) is 5.02 Å². The van der Waals surface area contributed by atoms with Gasteiger partial charge in [-0.2, -0.15) is 8.96 Å². The van der Waals surface area contributed by atoms with Crippen LogP contribution in [0.15, 0.2) is 70.4 Å². The number of ether oxygens (including phenoxy) is 3. The second kappa shape index (κ2) is 11.0. The number of hydrogen-bond acceptors (Lipinski definition) is 7. The van der Waals surface area contributed by atoms with Crippen molar-refractivity contribution in [2.75, 3.05) is 6.61 Å². The van der Waals surface area contributed by atoms with Crippen LogP contribution in [0.5, 0.6) is 0 Å². The van der Waals surface area contributed by atoms with Crippen molar-refractivity contribution >= 4 is 23.5 Å². The number of carbonyl (C=O) groups excluding carboxylic acids is 2. The van der Waals surface area contributed by atoms with Crippen LogP contribution in [0.3, 0.4) is 0 Å². The lowest BCUT2D eigenvalue weighted by Crippen LogP contribution is -2.46. The summed E-state index contributed by atoms with van der Waals surface area (Å²) in [4.78, 5) is 49.8. The van der Waals surface area contributed by atoms with Gasteiger partial charge in [0.25, 0.3) is 11.5 Å². The molecule has 2 heterocycles. The van der Waals surface area contributed by atoms with E-state index in [1.807, 2.05) is 30.3 Å². The minimum Gasteiger partial charge on any atom is -0.463 e. The number of halogens is 2. The van der Waals surface area contributed by atoms with Crippen LogP contribution in [-0.4, -0.2) is 39.8 Å². The van der Waals surface area contributed by atoms with Crippen molar-refractivity contribution in [3.8, 4) is 0 Å². The summed E-state index contributed by atoms with van der Waals surface area (Å²) >= 11 is 5.83. The first-order valence-corrected chi connectivity index (χ1v) is 11.4. The predicted octanol–water partition coefficient (Wildman–Crippen LogP) is 2.93. The number of benzene rings is 2. The molecular formula is C25H22ClFN2O7. The summed E-state index contributed by atoms with van der Waals surface area (Å²) < 4.78 is 32.6. The lowest BCUT2D eigenvalue weighted by atomic mass is 10.1. The van der Waals surface area contributed by atoms with E-state index in [4.69, 9.17) is 25.8 Å². The van der Waals surface area contributed by atoms with Gasteiger partial charge in [0.1, 0.15) is 18.9 Å². The van der Waals surface area contributed by atoms with Crippen LogP contribution < -0.4 is 11.2 Å². The van der Waals surface area contributed by atoms with Gasteiger partial charge >= 0.3 is 11.7 Å². The molecular weight excluding hydrogens is 495 g/mol. The van der Waals surface area contributed by atoms with E-state index < -0.39 is 47.4 Å². The molecule has 1 aliphatic rings. The van der Waals surface area contributed by atoms with Gasteiger partial charge in [0.05, 0.1) is 18.9 Å². The van der Waals surface area contributed by atoms with Crippen LogP contribution in [0.1, 0.15) is 35.5 Å². The minimum atomic E-state index is -1.39. The van der Waals surface area contributed by atoms with Crippen LogP contribution in [0, 0.1) is 5.82 Å². The third-order valence-electron chi connectivity index (χ3n) is 5.61. The molecule has 1 aromatic heterocycles. The maximum atomic E-state index is 14.6. The summed E-state index contributed by atoms with van der Waals surface area (Å²) in [5.41, 5.74) is -1.61. The highest BCUT2D eigenvalue weighted by Crippen LogP contribution is 2.31. The van der Waals surface area contributed by atoms with E-state index in [0.717, 1.165) is 10.1 Å². The fraction of sp³-hybridized carbons (Fsp3) is 0.280. The summed E-state index contributed by atoms with van der Waals surface area (Å²) in [7, 11) is 0. The molecule has 0 N–H and O–H groups in total. The quantitative estimate of drug-likeness (QED) is 0.444. The monoisotopic (exact) mass is 516 g/mol. The lowest BCUT2D eigenvalue weighted by Gasteiger charge is -2.18. The summed E-state index contributed by atoms with van der Waals surface area (Å²) in [5, 5.41) is 0.343. The van der Waals surface area contributed by atoms with Crippen molar-refractivity contribution in [2.45, 2.75) is 38.4 Å². The van der Waals surface area contributed by atoms with E-state index >= 15 is 0 Å². The number of rotatable bonds is 7. The zero-order valence-corrected chi connectivity index (χ0v) is 19.9. The number of hydrogen-bond donors (Lipinski definition) is 0. The topological polar surface area (TPSA) is 106 Å². The number of nitrogens with zero attached hydrogens (tertiary/aromatic N) is 2. The van der Waals surface area contributed by atoms with Gasteiger partial charge in [0.2, 0.25) is 5.82 Å². The Hall–Kier alpha value is -3.60. The van der Waals surface area contributed by atoms with Crippen LogP contribution in [-0.2, 0) is 25.6 Å². The van der Waals surface area contributed by atoms with Crippen molar-refractivity contribution in [2.24, 2.45) is 0 Å². The van der Waals surface area contributed by atoms with Gasteiger partial charge in [-0.25, -0.2) is 4.79 Å². The molecule has 0 saturated carbocycles. The number of aromatic nitrogens is 2. The molecule has 11 heteroatoms. The van der Waals surface area contributed by atoms with Crippen LogP contribution in [0.4, 0.5) is 4.39 Å². The normalized spacial score (nSPS) is 19.2. The van der Waals surface area contributed by atoms with E-state index in [-0.39, 0.29) is 29.8 Å². The van der Waals surface area contributed by atoms with Gasteiger partial charge in [-0.1, -0.05) is 41.9 Å². The highest BCUT2D eigenvalue weighted by Gasteiger charge is 2.39. The first-order chi connectivity index (χ1) is 17.2. The third-order valence-corrected chi connectivity index (χ3v) is 5.87. The molecule has 0 radical (unpaired) electrons. The predicted molar refractivity (Wildman–Crippen MR) is 126 cm³/mol. The SMILES string of the molecule is CC(=O)OC[C@H]1O[C@@H](n2cc(F)c(=O)n(C(=O)c3ccc(Cl)cc3)c2=O)C[C@@H]1OCc1ccccc1. The molecule has 0 bridgehead atoms. The van der Waals surface area contributed by atoms with E-state index in [1.165, 1.54) is 31.2 Å². The first-order valence-electron chi connectivity index (χ1n) is 11.0. The molecule has 0 aliphatic carbocycles. The van der Waals surface area contributed by atoms with Crippen molar-refractivity contribution in [3.63, 3.8) is 0 Å². The minimum absolute atomic E-state index is 0.0279. The molecule has 3 aromatic rings. The first kappa shape index (κ1) is 25.5. The molecule has 1 fully saturated rings. The summed E-state index contributed by atoms with van der Waals surface area (Å²) in [6.07, 6.45) is -1.71. The van der Waals surface area contributed by atoms with Gasteiger partial charge in [-0.15, -0.1) is 0 Å². The summed E-state index contributed by atoms with van der Waals surface area (Å²) in [6, 6.07) is 14.8. The molecule has 188 valence electrons. The Morgan fingerprint density at radius 1 is 1.11 bits per heavy atom. The molecule has 1 saturated heterocycles. The Balaban J connectivity index is 1.63. The van der Waals surface area contributed by atoms with Gasteiger partial charge in [0, 0.05) is 23.9 Å². The molecule has 0 spiro atoms. The van der Waals surface area contributed by atoms with Crippen molar-refractivity contribution < 1.29 is 28.2 Å². The Morgan fingerprint density at radius 2 is 1.81 bits per heavy atom. The van der Waals surface area contributed by atoms with Crippen molar-refractivity contribution in [3.05, 3.63) is 104 Å². The van der Waals surface area contributed by atoms with Crippen LogP contribution >= 0.6 is 11.6 Å². The molecule has 3 atom stereocenters. The fourth-order valence-corrected chi connectivity index (χ4v) is 3.95. The molecule has 0 amide bonds. The number of esters is 1. The van der Waals surface area contributed by atoms with Gasteiger partial charge in [-0.3, -0.25) is 19.0 Å². The van der Waals surface area contributed by atoms with Crippen molar-refractivity contribution in [1.82, 2.24) is 9.13 Å². The largest absolute Gasteiger partial charge is 0.463 e. The zero-order chi connectivity index (χ0) is 25.8. The van der Waals surface area contributed by atoms with Gasteiger partial charge in [-0.05, 0) is 29.8 Å². The Bertz CT molecular complexity index is 1370. The molecule has 1 aliphatic heterocycles. The van der Waals surface area contributed by atoms with E-state index in [2.05, 4.69) is 0 Å². The smallest absolute Gasteiger partial charge is 0.340 e. The number of carbonyl (C=O) groups is 2. The summed E-state index contributed by atoms with van der Waals surface area (Å²) in [6.45, 7) is 1.30. The zero-order valence-electron chi connectivity index (χ0n) is 19.1. The van der Waals surface area contributed by atoms with E-state index in [0.29, 0.717) is 11.2 Å². The Labute approximate surface area is 209 Å². The molecule has 0 unspecified atom stereocenters. The van der Waals surface area contributed by atoms with Gasteiger partial charge < -0.3 is 14.2 Å². The second-order valence-corrected chi connectivity index (χ2v) is 8.56. The van der Waals surface area contributed by atoms with E-state index in [9.17, 15) is 23.6 Å². The lowest BCUT2D eigenvalue weighted by molar-refractivity contribution is -0.148. The standard InChI is InChI=1S/C25H22ClFN2O7/c1-15(30)34-14-21-20(35-13-16-5-3-2-4-6-16)11-22(36-21)28-12-19(27)24(32)29(25(28)33)23(31)17-7-9-18(26)10-8-17/h2-10,12,20-22H,11,13-14H2,1H3/t20-,21+,22+/m0/s1. The van der Waals surface area contributed by atoms with Crippen molar-refractivity contribution in [1.29, 1.82) is 0 Å². The van der Waals surface area contributed by atoms with E-state index in [1.54, 1.807) is 0 Å². The Kier molecular flexibility index (Phi) is 7.78. The fourth-order valence-electron chi connectivity index (χ4n) is 3.82. The highest BCUT2D eigenvalue weighted by atomic mass is 35.5. The average molecular weight is 517 g/mol. The third kappa shape index (κ3) is 5.62. The maximum absolute atomic E-state index is 14.6. The Morgan fingerprint density at radius 3 is 2.47 bits per heavy atom. The van der Waals surface area contributed by atoms with Gasteiger partial charge in [0.15, 0.2) is 0 Å². The molecule has 36 heavy (non-hydrogen) atoms. The molecule has 4 rings (SSSR count). The second-order valence-electron chi connectivity index (χ2n) is 8.12. The average Bonchev–Trinajstić information content (AvgIpc) is 3.27.